The van der Waals surface area contributed by atoms with Gasteiger partial charge in [-0.15, -0.1) is 0 Å². The normalized spacial score (nSPS) is 19.3. The van der Waals surface area contributed by atoms with Crippen molar-refractivity contribution in [2.24, 2.45) is 0 Å². The molecule has 0 unspecified atom stereocenters. The van der Waals surface area contributed by atoms with E-state index in [4.69, 9.17) is 4.74 Å². The Morgan fingerprint density at radius 2 is 1.84 bits per heavy atom. The summed E-state index contributed by atoms with van der Waals surface area (Å²) in [5.41, 5.74) is 3.17. The molecule has 1 saturated heterocycles. The van der Waals surface area contributed by atoms with E-state index < -0.39 is 18.2 Å². The Labute approximate surface area is 143 Å². The van der Waals surface area contributed by atoms with E-state index in [0.717, 1.165) is 16.7 Å². The lowest BCUT2D eigenvalue weighted by Gasteiger charge is -2.18. The molecule has 1 N–H and O–H groups in total. The second-order valence-electron chi connectivity index (χ2n) is 5.75. The Balaban J connectivity index is 1.71. The summed E-state index contributed by atoms with van der Waals surface area (Å²) in [6.45, 7) is 0. The van der Waals surface area contributed by atoms with E-state index in [2.05, 4.69) is 15.3 Å². The molecule has 5 nitrogen and oxygen atoms in total. The van der Waals surface area contributed by atoms with Gasteiger partial charge in [0, 0.05) is 35.9 Å². The van der Waals surface area contributed by atoms with Crippen LogP contribution in [0.5, 0.6) is 0 Å². The number of nitrogens with zero attached hydrogens (tertiary/aromatic N) is 2. The van der Waals surface area contributed by atoms with Crippen molar-refractivity contribution in [3.05, 3.63) is 84.2 Å². The zero-order valence-corrected chi connectivity index (χ0v) is 13.1. The van der Waals surface area contributed by atoms with Crippen LogP contribution >= 0.6 is 0 Å². The van der Waals surface area contributed by atoms with Crippen molar-refractivity contribution >= 4 is 6.09 Å². The number of amides is 1. The van der Waals surface area contributed by atoms with Crippen LogP contribution in [0.2, 0.25) is 0 Å². The van der Waals surface area contributed by atoms with Crippen LogP contribution in [-0.2, 0) is 4.74 Å². The van der Waals surface area contributed by atoms with E-state index >= 15 is 0 Å². The van der Waals surface area contributed by atoms with Gasteiger partial charge in [0.25, 0.3) is 0 Å². The summed E-state index contributed by atoms with van der Waals surface area (Å²) in [6, 6.07) is 11.3. The molecule has 2 aromatic heterocycles. The van der Waals surface area contributed by atoms with E-state index in [1.165, 1.54) is 12.1 Å². The Hall–Kier alpha value is -3.28. The highest BCUT2D eigenvalue weighted by atomic mass is 19.1. The first-order chi connectivity index (χ1) is 12.2. The van der Waals surface area contributed by atoms with Crippen molar-refractivity contribution < 1.29 is 13.9 Å². The number of hydrogen-bond donors (Lipinski definition) is 1. The van der Waals surface area contributed by atoms with Crippen LogP contribution in [0.1, 0.15) is 23.3 Å². The van der Waals surface area contributed by atoms with E-state index in [1.54, 1.807) is 36.9 Å². The number of cyclic esters (lactones) is 1. The molecule has 25 heavy (non-hydrogen) atoms. The molecule has 1 aromatic carbocycles. The van der Waals surface area contributed by atoms with Gasteiger partial charge in [0.1, 0.15) is 11.9 Å². The maximum absolute atomic E-state index is 13.6. The van der Waals surface area contributed by atoms with Crippen molar-refractivity contribution in [2.75, 3.05) is 0 Å². The van der Waals surface area contributed by atoms with Gasteiger partial charge in [0.15, 0.2) is 6.10 Å². The first-order valence-electron chi connectivity index (χ1n) is 7.79. The number of rotatable bonds is 3. The molecule has 0 saturated carbocycles. The molecule has 3 heterocycles. The molecule has 4 rings (SSSR count). The smallest absolute Gasteiger partial charge is 0.408 e. The van der Waals surface area contributed by atoms with E-state index in [0.29, 0.717) is 5.56 Å². The third kappa shape index (κ3) is 3.06. The maximum Gasteiger partial charge on any atom is 0.408 e. The fourth-order valence-electron chi connectivity index (χ4n) is 2.94. The lowest BCUT2D eigenvalue weighted by atomic mass is 9.96. The van der Waals surface area contributed by atoms with Crippen molar-refractivity contribution in [3.8, 4) is 11.1 Å². The van der Waals surface area contributed by atoms with Gasteiger partial charge in [-0.05, 0) is 35.4 Å². The Bertz CT molecular complexity index is 917. The molecular weight excluding hydrogens is 321 g/mol. The first-order valence-corrected chi connectivity index (χ1v) is 7.79. The molecule has 1 aliphatic rings. The number of aromatic nitrogens is 2. The largest absolute Gasteiger partial charge is 0.439 e. The average Bonchev–Trinajstić information content (AvgIpc) is 3.04. The Morgan fingerprint density at radius 1 is 0.960 bits per heavy atom. The van der Waals surface area contributed by atoms with Crippen molar-refractivity contribution in [3.63, 3.8) is 0 Å². The van der Waals surface area contributed by atoms with Crippen LogP contribution in [0.15, 0.2) is 67.3 Å². The molecule has 2 atom stereocenters. The summed E-state index contributed by atoms with van der Waals surface area (Å²) < 4.78 is 18.9. The van der Waals surface area contributed by atoms with Crippen molar-refractivity contribution in [1.29, 1.82) is 0 Å². The van der Waals surface area contributed by atoms with E-state index in [-0.39, 0.29) is 5.82 Å². The predicted octanol–water partition coefficient (Wildman–Crippen LogP) is 3.80. The minimum Gasteiger partial charge on any atom is -0.439 e. The lowest BCUT2D eigenvalue weighted by Crippen LogP contribution is -2.19. The molecular formula is C19H14FN3O2. The van der Waals surface area contributed by atoms with Crippen LogP contribution in [0.4, 0.5) is 9.18 Å². The number of carbonyl (C=O) groups excluding carboxylic acids is 1. The summed E-state index contributed by atoms with van der Waals surface area (Å²) >= 11 is 0. The second-order valence-corrected chi connectivity index (χ2v) is 5.75. The van der Waals surface area contributed by atoms with Crippen molar-refractivity contribution in [2.45, 2.75) is 12.1 Å². The summed E-state index contributed by atoms with van der Waals surface area (Å²) in [6.07, 6.45) is 5.70. The number of alkyl carbamates (subject to hydrolysis) is 1. The fourth-order valence-corrected chi connectivity index (χ4v) is 2.94. The molecule has 6 heteroatoms. The number of ether oxygens (including phenoxy) is 1. The molecule has 0 radical (unpaired) electrons. The quantitative estimate of drug-likeness (QED) is 0.790. The van der Waals surface area contributed by atoms with Gasteiger partial charge in [0.05, 0.1) is 0 Å². The monoisotopic (exact) mass is 335 g/mol. The number of pyridine rings is 2. The molecule has 124 valence electrons. The third-order valence-electron chi connectivity index (χ3n) is 4.10. The minimum atomic E-state index is -0.617. The van der Waals surface area contributed by atoms with Gasteiger partial charge < -0.3 is 10.1 Å². The highest BCUT2D eigenvalue weighted by molar-refractivity contribution is 5.71. The minimum absolute atomic E-state index is 0.374. The van der Waals surface area contributed by atoms with Crippen LogP contribution in [0, 0.1) is 5.82 Å². The standard InChI is InChI=1S/C19H14FN3O2/c20-16-5-1-3-12(8-16)18-17(23-19(24)25-18)15-7-14(10-22-11-15)13-4-2-6-21-9-13/h1-11,17-18H,(H,23,24)/t17-,18-/m1/s1. The predicted molar refractivity (Wildman–Crippen MR) is 89.0 cm³/mol. The molecule has 1 amide bonds. The Morgan fingerprint density at radius 3 is 2.64 bits per heavy atom. The van der Waals surface area contributed by atoms with Crippen LogP contribution < -0.4 is 5.32 Å². The maximum atomic E-state index is 13.6. The second kappa shape index (κ2) is 6.32. The number of hydrogen-bond acceptors (Lipinski definition) is 4. The van der Waals surface area contributed by atoms with Gasteiger partial charge in [-0.25, -0.2) is 9.18 Å². The van der Waals surface area contributed by atoms with Crippen LogP contribution in [0.25, 0.3) is 11.1 Å². The molecule has 3 aromatic rings. The summed E-state index contributed by atoms with van der Waals surface area (Å²) in [5.74, 6) is -0.374. The van der Waals surface area contributed by atoms with Crippen molar-refractivity contribution in [1.82, 2.24) is 15.3 Å². The first kappa shape index (κ1) is 15.3. The van der Waals surface area contributed by atoms with Gasteiger partial charge in [-0.1, -0.05) is 18.2 Å². The number of nitrogens with one attached hydrogen (secondary N) is 1. The highest BCUT2D eigenvalue weighted by Gasteiger charge is 2.36. The van der Waals surface area contributed by atoms with E-state index in [1.807, 2.05) is 18.2 Å². The van der Waals surface area contributed by atoms with Gasteiger partial charge in [-0.3, -0.25) is 9.97 Å². The third-order valence-corrected chi connectivity index (χ3v) is 4.10. The van der Waals surface area contributed by atoms with Crippen LogP contribution in [-0.4, -0.2) is 16.1 Å². The lowest BCUT2D eigenvalue weighted by molar-refractivity contribution is 0.132. The Kier molecular flexibility index (Phi) is 3.85. The molecule has 1 fully saturated rings. The molecule has 1 aliphatic heterocycles. The van der Waals surface area contributed by atoms with Gasteiger partial charge in [-0.2, -0.15) is 0 Å². The number of halogens is 1. The number of carbonyl (C=O) groups is 1. The van der Waals surface area contributed by atoms with Crippen LogP contribution in [0.3, 0.4) is 0 Å². The van der Waals surface area contributed by atoms with Gasteiger partial charge in [0.2, 0.25) is 0 Å². The topological polar surface area (TPSA) is 64.1 Å². The van der Waals surface area contributed by atoms with Gasteiger partial charge >= 0.3 is 6.09 Å². The zero-order chi connectivity index (χ0) is 17.2. The summed E-state index contributed by atoms with van der Waals surface area (Å²) in [7, 11) is 0. The summed E-state index contributed by atoms with van der Waals surface area (Å²) in [5, 5.41) is 2.78. The molecule has 0 bridgehead atoms. The summed E-state index contributed by atoms with van der Waals surface area (Å²) in [4.78, 5) is 20.2. The fraction of sp³-hybridized carbons (Fsp3) is 0.105. The molecule has 0 spiro atoms. The highest BCUT2D eigenvalue weighted by Crippen LogP contribution is 2.37. The zero-order valence-electron chi connectivity index (χ0n) is 13.1. The van der Waals surface area contributed by atoms with E-state index in [9.17, 15) is 9.18 Å². The SMILES string of the molecule is O=C1N[C@H](c2cncc(-c3cccnc3)c2)[C@@H](c2cccc(F)c2)O1. The molecule has 0 aliphatic carbocycles. The average molecular weight is 335 g/mol. The number of benzene rings is 1.